The molecule has 0 N–H and O–H groups in total. The molecule has 4 heavy (non-hydrogen) atoms. The van der Waals surface area contributed by atoms with Crippen LogP contribution in [-0.4, -0.2) is 0 Å². The molecule has 0 radical (unpaired) electrons. The number of hydrogen-bond donors (Lipinski definition) is 0. The van der Waals surface area contributed by atoms with E-state index in [9.17, 15) is 0 Å². The first-order valence-corrected chi connectivity index (χ1v) is 0.508. The van der Waals surface area contributed by atoms with Gasteiger partial charge in [-0.3, -0.25) is 0 Å². The van der Waals surface area contributed by atoms with Crippen molar-refractivity contribution in [3.63, 3.8) is 0 Å². The molecule has 4 heteroatoms. The van der Waals surface area contributed by atoms with Crippen molar-refractivity contribution in [1.29, 1.82) is 0 Å². The third-order valence-corrected chi connectivity index (χ3v) is 0. The van der Waals surface area contributed by atoms with Crippen LogP contribution in [0, 0.1) is 0 Å². The van der Waals surface area contributed by atoms with E-state index in [1.54, 1.807) is 0 Å². The summed E-state index contributed by atoms with van der Waals surface area (Å²) in [7, 11) is 0. The van der Waals surface area contributed by atoms with Crippen molar-refractivity contribution >= 4 is 0 Å². The Bertz CT molecular complexity index is 8.00. The van der Waals surface area contributed by atoms with Crippen LogP contribution < -0.4 is 0 Å². The molecule has 0 bridgehead atoms. The molecule has 0 fully saturated rings. The van der Waals surface area contributed by atoms with Gasteiger partial charge in [0, 0.05) is 33.6 Å². The van der Waals surface area contributed by atoms with Gasteiger partial charge in [0.15, 0.2) is 0 Å². The molecule has 0 aliphatic rings. The van der Waals surface area contributed by atoms with Crippen LogP contribution in [0.3, 0.4) is 0 Å². The van der Waals surface area contributed by atoms with E-state index in [0.29, 0.717) is 0 Å². The molecular formula is CuFeNiO. The van der Waals surface area contributed by atoms with E-state index in [4.69, 9.17) is 3.83 Å². The molecule has 0 spiro atoms. The molecule has 0 aromatic carbocycles. The van der Waals surface area contributed by atoms with Gasteiger partial charge in [-0.2, -0.15) is 0 Å². The SMILES string of the molecule is [Fe].[Ni].[O]=[Cu]. The molecule has 0 aliphatic heterocycles. The van der Waals surface area contributed by atoms with Gasteiger partial charge in [0.1, 0.15) is 0 Å². The molecule has 0 atom stereocenters. The second-order valence-corrected chi connectivity index (χ2v) is 0. The summed E-state index contributed by atoms with van der Waals surface area (Å²) < 4.78 is 7.81. The topological polar surface area (TPSA) is 17.1 Å². The van der Waals surface area contributed by atoms with Crippen molar-refractivity contribution < 1.29 is 53.3 Å². The summed E-state index contributed by atoms with van der Waals surface area (Å²) in [4.78, 5) is 0. The molecule has 0 heterocycles. The fourth-order valence-corrected chi connectivity index (χ4v) is 0. The first-order valence-electron chi connectivity index (χ1n) is 0.123. The molecule has 35 valence electrons. The molecule has 1 nitrogen and oxygen atoms in total. The summed E-state index contributed by atoms with van der Waals surface area (Å²) >= 11 is 2.94. The van der Waals surface area contributed by atoms with Gasteiger partial charge >= 0.3 is 19.8 Å². The van der Waals surface area contributed by atoms with E-state index in [2.05, 4.69) is 15.9 Å². The average Bonchev–Trinajstić information content (AvgIpc) is 1.00. The Morgan fingerprint density at radius 1 is 1.25 bits per heavy atom. The average molecular weight is 194 g/mol. The first-order chi connectivity index (χ1) is 1.00. The van der Waals surface area contributed by atoms with Gasteiger partial charge in [-0.15, -0.1) is 0 Å². The summed E-state index contributed by atoms with van der Waals surface area (Å²) in [6, 6.07) is 0. The molecule has 0 aromatic heterocycles. The molecule has 0 saturated heterocycles. The molecule has 0 amide bonds. The van der Waals surface area contributed by atoms with E-state index in [0.717, 1.165) is 0 Å². The van der Waals surface area contributed by atoms with Crippen LogP contribution in [0.25, 0.3) is 0 Å². The number of hydrogen-bond acceptors (Lipinski definition) is 1. The molecule has 0 saturated carbocycles. The van der Waals surface area contributed by atoms with E-state index < -0.39 is 0 Å². The number of rotatable bonds is 0. The third kappa shape index (κ3) is 10.2. The van der Waals surface area contributed by atoms with E-state index in [-0.39, 0.29) is 33.6 Å². The van der Waals surface area contributed by atoms with Crippen LogP contribution in [0.1, 0.15) is 0 Å². The Morgan fingerprint density at radius 2 is 1.25 bits per heavy atom. The van der Waals surface area contributed by atoms with Gasteiger partial charge in [-0.1, -0.05) is 0 Å². The second kappa shape index (κ2) is 27.1. The molecule has 0 rings (SSSR count). The summed E-state index contributed by atoms with van der Waals surface area (Å²) in [5.41, 5.74) is 0. The quantitative estimate of drug-likeness (QED) is 0.491. The first kappa shape index (κ1) is 18.4. The van der Waals surface area contributed by atoms with Crippen molar-refractivity contribution in [2.45, 2.75) is 0 Å². The Kier molecular flexibility index (Phi) is 125. The van der Waals surface area contributed by atoms with Crippen LogP contribution in [0.5, 0.6) is 0 Å². The Morgan fingerprint density at radius 3 is 1.25 bits per heavy atom. The van der Waals surface area contributed by atoms with Crippen LogP contribution in [0.4, 0.5) is 0 Å². The van der Waals surface area contributed by atoms with Gasteiger partial charge in [0.2, 0.25) is 0 Å². The normalized spacial score (nSPS) is 1.50. The zero-order chi connectivity index (χ0) is 2.00. The zero-order valence-electron chi connectivity index (χ0n) is 1.38. The Hall–Kier alpha value is 1.33. The third-order valence-electron chi connectivity index (χ3n) is 0. The summed E-state index contributed by atoms with van der Waals surface area (Å²) in [5.74, 6) is 0. The predicted octanol–water partition coefficient (Wildman–Crippen LogP) is -0.126. The van der Waals surface area contributed by atoms with Crippen molar-refractivity contribution in [3.8, 4) is 0 Å². The van der Waals surface area contributed by atoms with Crippen molar-refractivity contribution in [3.05, 3.63) is 0 Å². The van der Waals surface area contributed by atoms with Crippen molar-refractivity contribution in [2.75, 3.05) is 0 Å². The van der Waals surface area contributed by atoms with E-state index in [1.165, 1.54) is 0 Å². The van der Waals surface area contributed by atoms with Gasteiger partial charge in [0.25, 0.3) is 0 Å². The van der Waals surface area contributed by atoms with Gasteiger partial charge < -0.3 is 0 Å². The molecule has 0 aliphatic carbocycles. The molecule has 0 unspecified atom stereocenters. The van der Waals surface area contributed by atoms with E-state index in [1.807, 2.05) is 0 Å². The van der Waals surface area contributed by atoms with Gasteiger partial charge in [0.05, 0.1) is 0 Å². The maximum absolute atomic E-state index is 7.81. The zero-order valence-corrected chi connectivity index (χ0v) is 4.41. The van der Waals surface area contributed by atoms with Crippen LogP contribution in [0.2, 0.25) is 0 Å². The van der Waals surface area contributed by atoms with Gasteiger partial charge in [-0.25, -0.2) is 0 Å². The predicted molar refractivity (Wildman–Crippen MR) is 0.686 cm³/mol. The van der Waals surface area contributed by atoms with Crippen molar-refractivity contribution in [2.24, 2.45) is 0 Å². The van der Waals surface area contributed by atoms with Crippen LogP contribution >= 0.6 is 0 Å². The summed E-state index contributed by atoms with van der Waals surface area (Å²) in [6.45, 7) is 0. The van der Waals surface area contributed by atoms with Crippen molar-refractivity contribution in [1.82, 2.24) is 0 Å². The molecular weight excluding hydrogens is 194 g/mol. The second-order valence-electron chi connectivity index (χ2n) is 0. The fraction of sp³-hybridized carbons (Fsp3) is 0. The molecule has 0 aromatic rings. The Labute approximate surface area is 53.3 Å². The van der Waals surface area contributed by atoms with Gasteiger partial charge in [-0.05, 0) is 0 Å². The van der Waals surface area contributed by atoms with Crippen LogP contribution in [-0.2, 0) is 53.3 Å². The standard InChI is InChI=1S/Cu.Fe.Ni.O. The van der Waals surface area contributed by atoms with E-state index >= 15 is 0 Å². The summed E-state index contributed by atoms with van der Waals surface area (Å²) in [6.07, 6.45) is 0. The van der Waals surface area contributed by atoms with Crippen LogP contribution in [0.15, 0.2) is 0 Å². The Balaban J connectivity index is -0.00000000500. The minimum atomic E-state index is 0. The minimum absolute atomic E-state index is 0. The summed E-state index contributed by atoms with van der Waals surface area (Å²) in [5, 5.41) is 0. The maximum atomic E-state index is 7.81. The fourth-order valence-electron chi connectivity index (χ4n) is 0. The monoisotopic (exact) mass is 193 g/mol.